The Bertz CT molecular complexity index is 569. The monoisotopic (exact) mass is 338 g/mol. The third-order valence-corrected chi connectivity index (χ3v) is 4.26. The number of ether oxygens (including phenoxy) is 1. The van der Waals surface area contributed by atoms with E-state index < -0.39 is 0 Å². The van der Waals surface area contributed by atoms with Gasteiger partial charge in [-0.2, -0.15) is 0 Å². The molecule has 0 bridgehead atoms. The van der Waals surface area contributed by atoms with Crippen LogP contribution in [0, 0.1) is 13.8 Å². The van der Waals surface area contributed by atoms with Gasteiger partial charge in [0.25, 0.3) is 5.91 Å². The lowest BCUT2D eigenvalue weighted by Gasteiger charge is -2.32. The summed E-state index contributed by atoms with van der Waals surface area (Å²) in [6, 6.07) is 6.00. The molecule has 1 aliphatic heterocycles. The van der Waals surface area contributed by atoms with Gasteiger partial charge in [0, 0.05) is 19.1 Å². The third-order valence-electron chi connectivity index (χ3n) is 4.02. The molecule has 0 saturated carbocycles. The van der Waals surface area contributed by atoms with Crippen molar-refractivity contribution in [3.05, 3.63) is 29.3 Å². The minimum atomic E-state index is -0.158. The molecule has 0 spiro atoms. The van der Waals surface area contributed by atoms with Crippen LogP contribution in [-0.2, 0) is 9.59 Å². The summed E-state index contributed by atoms with van der Waals surface area (Å²) in [7, 11) is 0. The van der Waals surface area contributed by atoms with Gasteiger partial charge in [-0.3, -0.25) is 9.59 Å². The zero-order chi connectivity index (χ0) is 16.8. The summed E-state index contributed by atoms with van der Waals surface area (Å²) in [5, 5.41) is 2.86. The molecule has 2 rings (SSSR count). The highest BCUT2D eigenvalue weighted by molar-refractivity contribution is 6.27. The van der Waals surface area contributed by atoms with Gasteiger partial charge in [0.05, 0.1) is 0 Å². The molecule has 1 aromatic rings. The maximum Gasteiger partial charge on any atom is 0.260 e. The van der Waals surface area contributed by atoms with E-state index in [2.05, 4.69) is 5.32 Å². The van der Waals surface area contributed by atoms with Crippen LogP contribution in [0.4, 0.5) is 0 Å². The number of halogens is 1. The fraction of sp³-hybridized carbons (Fsp3) is 0.529. The van der Waals surface area contributed by atoms with Gasteiger partial charge in [-0.05, 0) is 38.3 Å². The van der Waals surface area contributed by atoms with Crippen LogP contribution in [0.5, 0.6) is 5.75 Å². The van der Waals surface area contributed by atoms with Crippen LogP contribution >= 0.6 is 11.6 Å². The molecule has 0 radical (unpaired) electrons. The number of likely N-dealkylation sites (tertiary alicyclic amines) is 1. The summed E-state index contributed by atoms with van der Waals surface area (Å²) in [6.45, 7) is 5.29. The molecule has 1 aliphatic rings. The summed E-state index contributed by atoms with van der Waals surface area (Å²) >= 11 is 5.48. The normalized spacial score (nSPS) is 15.3. The van der Waals surface area contributed by atoms with E-state index in [1.165, 1.54) is 5.56 Å². The molecule has 1 aromatic carbocycles. The molecular weight excluding hydrogens is 316 g/mol. The summed E-state index contributed by atoms with van der Waals surface area (Å²) in [5.41, 5.74) is 2.20. The van der Waals surface area contributed by atoms with Gasteiger partial charge < -0.3 is 15.0 Å². The molecule has 1 fully saturated rings. The first-order valence-electron chi connectivity index (χ1n) is 7.82. The van der Waals surface area contributed by atoms with E-state index in [9.17, 15) is 9.59 Å². The van der Waals surface area contributed by atoms with Gasteiger partial charge in [-0.15, -0.1) is 11.6 Å². The summed E-state index contributed by atoms with van der Waals surface area (Å²) in [5.74, 6) is 0.540. The van der Waals surface area contributed by atoms with Gasteiger partial charge >= 0.3 is 0 Å². The Morgan fingerprint density at radius 1 is 1.30 bits per heavy atom. The Hall–Kier alpha value is -1.75. The van der Waals surface area contributed by atoms with Crippen molar-refractivity contribution in [3.63, 3.8) is 0 Å². The minimum absolute atomic E-state index is 0.0212. The smallest absolute Gasteiger partial charge is 0.260 e. The largest absolute Gasteiger partial charge is 0.484 e. The van der Waals surface area contributed by atoms with E-state index in [1.54, 1.807) is 4.90 Å². The van der Waals surface area contributed by atoms with Crippen molar-refractivity contribution >= 4 is 23.4 Å². The number of nitrogens with zero attached hydrogens (tertiary/aromatic N) is 1. The Morgan fingerprint density at radius 2 is 2.00 bits per heavy atom. The first-order chi connectivity index (χ1) is 11.0. The molecule has 0 aliphatic carbocycles. The molecule has 1 N–H and O–H groups in total. The van der Waals surface area contributed by atoms with E-state index >= 15 is 0 Å². The lowest BCUT2D eigenvalue weighted by Crippen LogP contribution is -2.47. The van der Waals surface area contributed by atoms with Crippen molar-refractivity contribution in [3.8, 4) is 5.75 Å². The maximum absolute atomic E-state index is 12.2. The van der Waals surface area contributed by atoms with Crippen LogP contribution in [0.25, 0.3) is 0 Å². The Kier molecular flexibility index (Phi) is 6.28. The van der Waals surface area contributed by atoms with Crippen LogP contribution in [-0.4, -0.2) is 48.3 Å². The molecule has 0 atom stereocenters. The average Bonchev–Trinajstić information content (AvgIpc) is 2.54. The predicted octanol–water partition coefficient (Wildman–Crippen LogP) is 2.03. The van der Waals surface area contributed by atoms with Crippen LogP contribution in [0.3, 0.4) is 0 Å². The Balaban J connectivity index is 1.78. The second-order valence-electron chi connectivity index (χ2n) is 5.91. The van der Waals surface area contributed by atoms with E-state index in [0.717, 1.165) is 24.2 Å². The van der Waals surface area contributed by atoms with Gasteiger partial charge in [0.2, 0.25) is 5.91 Å². The molecule has 2 amide bonds. The zero-order valence-electron chi connectivity index (χ0n) is 13.6. The van der Waals surface area contributed by atoms with Crippen LogP contribution in [0.15, 0.2) is 18.2 Å². The number of piperidine rings is 1. The molecular formula is C17H23ClN2O3. The van der Waals surface area contributed by atoms with Crippen LogP contribution < -0.4 is 10.1 Å². The number of benzene rings is 1. The second-order valence-corrected chi connectivity index (χ2v) is 6.18. The van der Waals surface area contributed by atoms with E-state index in [-0.39, 0.29) is 30.3 Å². The van der Waals surface area contributed by atoms with Gasteiger partial charge in [-0.25, -0.2) is 0 Å². The number of nitrogens with one attached hydrogen (secondary N) is 1. The van der Waals surface area contributed by atoms with Crippen LogP contribution in [0.2, 0.25) is 0 Å². The standard InChI is InChI=1S/C17H23ClN2O3/c1-12-3-4-15(13(2)9-12)23-11-17(22)20-7-5-14(6-8-20)19-16(21)10-18/h3-4,9,14H,5-8,10-11H2,1-2H3,(H,19,21). The number of alkyl halides is 1. The SMILES string of the molecule is Cc1ccc(OCC(=O)N2CCC(NC(=O)CCl)CC2)c(C)c1. The van der Waals surface area contributed by atoms with E-state index in [1.807, 2.05) is 32.0 Å². The summed E-state index contributed by atoms with van der Waals surface area (Å²) in [4.78, 5) is 25.3. The van der Waals surface area contributed by atoms with Crippen molar-refractivity contribution in [2.24, 2.45) is 0 Å². The molecule has 1 heterocycles. The Morgan fingerprint density at radius 3 is 2.61 bits per heavy atom. The fourth-order valence-corrected chi connectivity index (χ4v) is 2.81. The minimum Gasteiger partial charge on any atom is -0.484 e. The fourth-order valence-electron chi connectivity index (χ4n) is 2.73. The highest BCUT2D eigenvalue weighted by Crippen LogP contribution is 2.19. The quantitative estimate of drug-likeness (QED) is 0.836. The van der Waals surface area contributed by atoms with E-state index in [4.69, 9.17) is 16.3 Å². The average molecular weight is 339 g/mol. The van der Waals surface area contributed by atoms with Crippen molar-refractivity contribution in [2.75, 3.05) is 25.6 Å². The summed E-state index contributed by atoms with van der Waals surface area (Å²) in [6.07, 6.45) is 1.50. The number of aryl methyl sites for hydroxylation is 2. The topological polar surface area (TPSA) is 58.6 Å². The number of carbonyl (C=O) groups excluding carboxylic acids is 2. The van der Waals surface area contributed by atoms with Gasteiger partial charge in [0.1, 0.15) is 11.6 Å². The van der Waals surface area contributed by atoms with Gasteiger partial charge in [0.15, 0.2) is 6.61 Å². The van der Waals surface area contributed by atoms with Crippen LogP contribution in [0.1, 0.15) is 24.0 Å². The second kappa shape index (κ2) is 8.20. The third kappa shape index (κ3) is 5.13. The van der Waals surface area contributed by atoms with Crippen molar-refractivity contribution in [1.82, 2.24) is 10.2 Å². The molecule has 1 saturated heterocycles. The first-order valence-corrected chi connectivity index (χ1v) is 8.36. The predicted molar refractivity (Wildman–Crippen MR) is 89.9 cm³/mol. The molecule has 23 heavy (non-hydrogen) atoms. The lowest BCUT2D eigenvalue weighted by molar-refractivity contribution is -0.134. The molecule has 0 aromatic heterocycles. The number of rotatable bonds is 5. The zero-order valence-corrected chi connectivity index (χ0v) is 14.4. The molecule has 5 nitrogen and oxygen atoms in total. The van der Waals surface area contributed by atoms with Crippen molar-refractivity contribution < 1.29 is 14.3 Å². The summed E-state index contributed by atoms with van der Waals surface area (Å²) < 4.78 is 5.64. The number of carbonyl (C=O) groups is 2. The maximum atomic E-state index is 12.2. The van der Waals surface area contributed by atoms with Crippen molar-refractivity contribution in [2.45, 2.75) is 32.7 Å². The highest BCUT2D eigenvalue weighted by Gasteiger charge is 2.23. The number of amides is 2. The van der Waals surface area contributed by atoms with Gasteiger partial charge in [-0.1, -0.05) is 17.7 Å². The number of hydrogen-bond acceptors (Lipinski definition) is 3. The highest BCUT2D eigenvalue weighted by atomic mass is 35.5. The molecule has 0 unspecified atom stereocenters. The molecule has 6 heteroatoms. The van der Waals surface area contributed by atoms with E-state index in [0.29, 0.717) is 13.1 Å². The first kappa shape index (κ1) is 17.6. The van der Waals surface area contributed by atoms with Crippen molar-refractivity contribution in [1.29, 1.82) is 0 Å². The lowest BCUT2D eigenvalue weighted by atomic mass is 10.1. The number of hydrogen-bond donors (Lipinski definition) is 1. The molecule has 126 valence electrons. The Labute approximate surface area is 141 Å².